The van der Waals surface area contributed by atoms with E-state index in [2.05, 4.69) is 10.1 Å². The Morgan fingerprint density at radius 3 is 2.93 bits per heavy atom. The van der Waals surface area contributed by atoms with Crippen LogP contribution < -0.4 is 4.74 Å². The van der Waals surface area contributed by atoms with E-state index >= 15 is 0 Å². The normalized spacial score (nSPS) is 21.2. The zero-order valence-electron chi connectivity index (χ0n) is 15.8. The maximum atomic E-state index is 13.2. The van der Waals surface area contributed by atoms with Crippen LogP contribution in [0.4, 0.5) is 0 Å². The van der Waals surface area contributed by atoms with Crippen molar-refractivity contribution in [2.45, 2.75) is 32.3 Å². The molecule has 0 bridgehead atoms. The SMILES string of the molecule is Cc1cc(C)n2ncc(C(=O)N3CC[C@]4(CC(=O)c5ccccc5O4)C3)c2n1. The van der Waals surface area contributed by atoms with Crippen molar-refractivity contribution < 1.29 is 14.3 Å². The van der Waals surface area contributed by atoms with Gasteiger partial charge in [0.2, 0.25) is 0 Å². The summed E-state index contributed by atoms with van der Waals surface area (Å²) < 4.78 is 7.91. The lowest BCUT2D eigenvalue weighted by molar-refractivity contribution is 0.0429. The Bertz CT molecular complexity index is 1140. The molecule has 2 aromatic heterocycles. The van der Waals surface area contributed by atoms with Crippen LogP contribution in [0.2, 0.25) is 0 Å². The number of Topliss-reactive ketones (excluding diaryl/α,β-unsaturated/α-hetero) is 1. The van der Waals surface area contributed by atoms with Gasteiger partial charge < -0.3 is 9.64 Å². The number of carbonyl (C=O) groups is 2. The van der Waals surface area contributed by atoms with Gasteiger partial charge in [0.25, 0.3) is 5.91 Å². The van der Waals surface area contributed by atoms with Gasteiger partial charge in [-0.25, -0.2) is 9.50 Å². The third-order valence-electron chi connectivity index (χ3n) is 5.61. The number of ketones is 1. The number of benzene rings is 1. The smallest absolute Gasteiger partial charge is 0.259 e. The van der Waals surface area contributed by atoms with E-state index in [1.165, 1.54) is 0 Å². The molecule has 0 unspecified atom stereocenters. The van der Waals surface area contributed by atoms with Gasteiger partial charge in [0.05, 0.1) is 24.7 Å². The number of likely N-dealkylation sites (tertiary alicyclic amines) is 1. The van der Waals surface area contributed by atoms with Crippen molar-refractivity contribution in [1.29, 1.82) is 0 Å². The van der Waals surface area contributed by atoms with Gasteiger partial charge in [-0.05, 0) is 32.0 Å². The molecule has 4 heterocycles. The summed E-state index contributed by atoms with van der Waals surface area (Å²) in [5.74, 6) is 0.552. The highest BCUT2D eigenvalue weighted by Gasteiger charge is 2.47. The Morgan fingerprint density at radius 2 is 2.07 bits per heavy atom. The van der Waals surface area contributed by atoms with Crippen LogP contribution in [-0.2, 0) is 0 Å². The number of amides is 1. The predicted octanol–water partition coefficient (Wildman–Crippen LogP) is 2.60. The minimum atomic E-state index is -0.649. The molecule has 0 radical (unpaired) electrons. The monoisotopic (exact) mass is 376 g/mol. The Morgan fingerprint density at radius 1 is 1.25 bits per heavy atom. The van der Waals surface area contributed by atoms with Crippen molar-refractivity contribution >= 4 is 17.3 Å². The van der Waals surface area contributed by atoms with Gasteiger partial charge >= 0.3 is 0 Å². The number of carbonyl (C=O) groups excluding carboxylic acids is 2. The van der Waals surface area contributed by atoms with Crippen molar-refractivity contribution in [3.8, 4) is 5.75 Å². The summed E-state index contributed by atoms with van der Waals surface area (Å²) in [6.07, 6.45) is 2.49. The van der Waals surface area contributed by atoms with Crippen LogP contribution in [0.1, 0.15) is 44.9 Å². The molecule has 1 spiro atoms. The van der Waals surface area contributed by atoms with Gasteiger partial charge in [-0.15, -0.1) is 0 Å². The number of para-hydroxylation sites is 1. The largest absolute Gasteiger partial charge is 0.484 e. The number of aromatic nitrogens is 3. The summed E-state index contributed by atoms with van der Waals surface area (Å²) in [4.78, 5) is 32.0. The number of aryl methyl sites for hydroxylation is 2. The Kier molecular flexibility index (Phi) is 3.56. The van der Waals surface area contributed by atoms with Crippen LogP contribution in [0.25, 0.3) is 5.65 Å². The van der Waals surface area contributed by atoms with Crippen LogP contribution in [0.5, 0.6) is 5.75 Å². The topological polar surface area (TPSA) is 76.8 Å². The number of nitrogens with zero attached hydrogens (tertiary/aromatic N) is 4. The number of hydrogen-bond acceptors (Lipinski definition) is 5. The van der Waals surface area contributed by atoms with Gasteiger partial charge in [0.15, 0.2) is 11.4 Å². The third-order valence-corrected chi connectivity index (χ3v) is 5.61. The zero-order chi connectivity index (χ0) is 19.5. The lowest BCUT2D eigenvalue weighted by Gasteiger charge is -2.34. The van der Waals surface area contributed by atoms with Crippen molar-refractivity contribution in [3.63, 3.8) is 0 Å². The molecule has 0 saturated carbocycles. The van der Waals surface area contributed by atoms with Crippen LogP contribution in [-0.4, -0.2) is 49.9 Å². The molecule has 3 aromatic rings. The van der Waals surface area contributed by atoms with E-state index in [-0.39, 0.29) is 11.7 Å². The maximum absolute atomic E-state index is 13.2. The zero-order valence-corrected chi connectivity index (χ0v) is 15.8. The van der Waals surface area contributed by atoms with Crippen molar-refractivity contribution in [2.75, 3.05) is 13.1 Å². The molecule has 0 N–H and O–H groups in total. The quantitative estimate of drug-likeness (QED) is 0.652. The molecule has 5 rings (SSSR count). The summed E-state index contributed by atoms with van der Waals surface area (Å²) in [6, 6.07) is 9.23. The van der Waals surface area contributed by atoms with Crippen LogP contribution in [0.3, 0.4) is 0 Å². The van der Waals surface area contributed by atoms with Crippen LogP contribution in [0, 0.1) is 13.8 Å². The number of hydrogen-bond donors (Lipinski definition) is 0. The van der Waals surface area contributed by atoms with E-state index in [1.54, 1.807) is 21.7 Å². The predicted molar refractivity (Wildman–Crippen MR) is 102 cm³/mol. The second-order valence-electron chi connectivity index (χ2n) is 7.69. The average Bonchev–Trinajstić information content (AvgIpc) is 3.26. The average molecular weight is 376 g/mol. The van der Waals surface area contributed by atoms with Crippen molar-refractivity contribution in [3.05, 3.63) is 59.0 Å². The molecule has 1 aromatic carbocycles. The van der Waals surface area contributed by atoms with E-state index in [4.69, 9.17) is 4.74 Å². The first-order valence-corrected chi connectivity index (χ1v) is 9.38. The molecule has 142 valence electrons. The lowest BCUT2D eigenvalue weighted by atomic mass is 9.89. The molecule has 2 aliphatic rings. The summed E-state index contributed by atoms with van der Waals surface area (Å²) in [5, 5.41) is 4.32. The molecule has 7 heteroatoms. The standard InChI is InChI=1S/C21H20N4O3/c1-13-9-14(2)25-19(23-13)16(11-22-25)20(27)24-8-7-21(12-24)10-17(26)15-5-3-4-6-18(15)28-21/h3-6,9,11H,7-8,10,12H2,1-2H3/t21-/m0/s1. The summed E-state index contributed by atoms with van der Waals surface area (Å²) in [7, 11) is 0. The van der Waals surface area contributed by atoms with Crippen LogP contribution in [0.15, 0.2) is 36.5 Å². The van der Waals surface area contributed by atoms with Crippen LogP contribution >= 0.6 is 0 Å². The second-order valence-corrected chi connectivity index (χ2v) is 7.69. The van der Waals surface area contributed by atoms with Crippen molar-refractivity contribution in [2.24, 2.45) is 0 Å². The molecule has 1 fully saturated rings. The Hall–Kier alpha value is -3.22. The molecule has 0 aliphatic carbocycles. The molecule has 1 amide bonds. The van der Waals surface area contributed by atoms with Gasteiger partial charge in [0, 0.05) is 24.4 Å². The molecular formula is C21H20N4O3. The molecule has 7 nitrogen and oxygen atoms in total. The van der Waals surface area contributed by atoms with E-state index < -0.39 is 5.60 Å². The minimum absolute atomic E-state index is 0.0695. The van der Waals surface area contributed by atoms with E-state index in [1.807, 2.05) is 38.1 Å². The lowest BCUT2D eigenvalue weighted by Crippen LogP contribution is -2.45. The van der Waals surface area contributed by atoms with E-state index in [0.29, 0.717) is 48.5 Å². The fourth-order valence-corrected chi connectivity index (χ4v) is 4.28. The molecule has 1 atom stereocenters. The first kappa shape index (κ1) is 16.9. The fourth-order valence-electron chi connectivity index (χ4n) is 4.28. The molecule has 2 aliphatic heterocycles. The fraction of sp³-hybridized carbons (Fsp3) is 0.333. The summed E-state index contributed by atoms with van der Waals surface area (Å²) >= 11 is 0. The summed E-state index contributed by atoms with van der Waals surface area (Å²) in [6.45, 7) is 4.76. The van der Waals surface area contributed by atoms with Gasteiger partial charge in [0.1, 0.15) is 16.9 Å². The number of fused-ring (bicyclic) bond motifs is 2. The van der Waals surface area contributed by atoms with E-state index in [9.17, 15) is 9.59 Å². The van der Waals surface area contributed by atoms with Gasteiger partial charge in [-0.1, -0.05) is 12.1 Å². The van der Waals surface area contributed by atoms with Crippen molar-refractivity contribution in [1.82, 2.24) is 19.5 Å². The Labute approximate surface area is 161 Å². The highest BCUT2D eigenvalue weighted by Crippen LogP contribution is 2.39. The summed E-state index contributed by atoms with van der Waals surface area (Å²) in [5.41, 5.74) is 2.78. The number of ether oxygens (including phenoxy) is 1. The number of rotatable bonds is 1. The molecular weight excluding hydrogens is 356 g/mol. The Balaban J connectivity index is 1.44. The van der Waals surface area contributed by atoms with E-state index in [0.717, 1.165) is 11.4 Å². The minimum Gasteiger partial charge on any atom is -0.484 e. The third kappa shape index (κ3) is 2.50. The van der Waals surface area contributed by atoms with Gasteiger partial charge in [-0.3, -0.25) is 9.59 Å². The second kappa shape index (κ2) is 5.89. The molecule has 28 heavy (non-hydrogen) atoms. The highest BCUT2D eigenvalue weighted by atomic mass is 16.5. The first-order chi connectivity index (χ1) is 13.5. The first-order valence-electron chi connectivity index (χ1n) is 9.38. The van der Waals surface area contributed by atoms with Gasteiger partial charge in [-0.2, -0.15) is 5.10 Å². The molecule has 1 saturated heterocycles. The maximum Gasteiger partial charge on any atom is 0.259 e. The highest BCUT2D eigenvalue weighted by molar-refractivity contribution is 6.01.